The van der Waals surface area contributed by atoms with Gasteiger partial charge in [-0.15, -0.1) is 0 Å². The fourth-order valence-electron chi connectivity index (χ4n) is 4.24. The predicted molar refractivity (Wildman–Crippen MR) is 102 cm³/mol. The molecule has 3 heterocycles. The SMILES string of the molecule is Cn1nc(C(=O)N2CCC(c3ccccc3C(F)(F)F)CC2)c2c1CCSC2. The number of likely N-dealkylation sites (tertiary alicyclic amines) is 1. The van der Waals surface area contributed by atoms with Gasteiger partial charge in [-0.05, 0) is 42.6 Å². The molecule has 1 amide bonds. The van der Waals surface area contributed by atoms with Crippen molar-refractivity contribution < 1.29 is 18.0 Å². The zero-order valence-electron chi connectivity index (χ0n) is 15.6. The molecule has 8 heteroatoms. The summed E-state index contributed by atoms with van der Waals surface area (Å²) in [7, 11) is 1.87. The largest absolute Gasteiger partial charge is 0.416 e. The van der Waals surface area contributed by atoms with E-state index in [1.165, 1.54) is 6.07 Å². The number of carbonyl (C=O) groups is 1. The van der Waals surface area contributed by atoms with Gasteiger partial charge in [-0.2, -0.15) is 30.0 Å². The molecule has 0 unspecified atom stereocenters. The number of hydrogen-bond donors (Lipinski definition) is 0. The number of halogens is 3. The van der Waals surface area contributed by atoms with Crippen LogP contribution in [0.3, 0.4) is 0 Å². The van der Waals surface area contributed by atoms with Crippen LogP contribution in [0.5, 0.6) is 0 Å². The number of amides is 1. The zero-order chi connectivity index (χ0) is 19.9. The second kappa shape index (κ2) is 7.46. The first kappa shape index (κ1) is 19.4. The maximum atomic E-state index is 13.3. The summed E-state index contributed by atoms with van der Waals surface area (Å²) >= 11 is 1.80. The van der Waals surface area contributed by atoms with Crippen LogP contribution in [0.1, 0.15) is 51.6 Å². The van der Waals surface area contributed by atoms with E-state index in [9.17, 15) is 18.0 Å². The summed E-state index contributed by atoms with van der Waals surface area (Å²) < 4.78 is 41.7. The van der Waals surface area contributed by atoms with Crippen LogP contribution < -0.4 is 0 Å². The quantitative estimate of drug-likeness (QED) is 0.744. The number of piperidine rings is 1. The number of hydrogen-bond acceptors (Lipinski definition) is 3. The van der Waals surface area contributed by atoms with Gasteiger partial charge in [-0.25, -0.2) is 0 Å². The molecule has 0 saturated carbocycles. The zero-order valence-corrected chi connectivity index (χ0v) is 16.4. The molecule has 1 aromatic carbocycles. The summed E-state index contributed by atoms with van der Waals surface area (Å²) in [6.45, 7) is 0.905. The lowest BCUT2D eigenvalue weighted by Gasteiger charge is -2.33. The Kier molecular flexibility index (Phi) is 5.16. The number of benzene rings is 1. The molecule has 0 atom stereocenters. The number of rotatable bonds is 2. The minimum atomic E-state index is -4.35. The number of aromatic nitrogens is 2. The normalized spacial score (nSPS) is 18.2. The Labute approximate surface area is 166 Å². The summed E-state index contributed by atoms with van der Waals surface area (Å²) in [5, 5.41) is 4.45. The lowest BCUT2D eigenvalue weighted by atomic mass is 9.86. The Morgan fingerprint density at radius 1 is 1.21 bits per heavy atom. The molecule has 28 heavy (non-hydrogen) atoms. The number of fused-ring (bicyclic) bond motifs is 1. The molecule has 4 rings (SSSR count). The van der Waals surface area contributed by atoms with Gasteiger partial charge < -0.3 is 4.90 Å². The molecule has 1 aromatic heterocycles. The highest BCUT2D eigenvalue weighted by molar-refractivity contribution is 7.98. The van der Waals surface area contributed by atoms with E-state index in [2.05, 4.69) is 5.10 Å². The van der Waals surface area contributed by atoms with Gasteiger partial charge in [-0.3, -0.25) is 9.48 Å². The van der Waals surface area contributed by atoms with Crippen molar-refractivity contribution in [3.63, 3.8) is 0 Å². The molecule has 0 radical (unpaired) electrons. The van der Waals surface area contributed by atoms with Gasteiger partial charge in [0.2, 0.25) is 0 Å². The maximum absolute atomic E-state index is 13.3. The monoisotopic (exact) mass is 409 g/mol. The van der Waals surface area contributed by atoms with Gasteiger partial charge in [-0.1, -0.05) is 18.2 Å². The van der Waals surface area contributed by atoms with Crippen LogP contribution in [0.2, 0.25) is 0 Å². The molecular formula is C20H22F3N3OS. The van der Waals surface area contributed by atoms with Crippen molar-refractivity contribution in [1.82, 2.24) is 14.7 Å². The van der Waals surface area contributed by atoms with E-state index >= 15 is 0 Å². The Morgan fingerprint density at radius 2 is 1.93 bits per heavy atom. The van der Waals surface area contributed by atoms with Crippen LogP contribution in [-0.2, 0) is 25.4 Å². The summed E-state index contributed by atoms with van der Waals surface area (Å²) in [6, 6.07) is 5.79. The highest BCUT2D eigenvalue weighted by Crippen LogP contribution is 2.39. The van der Waals surface area contributed by atoms with Gasteiger partial charge in [0.25, 0.3) is 5.91 Å². The van der Waals surface area contributed by atoms with Crippen LogP contribution in [-0.4, -0.2) is 39.4 Å². The second-order valence-electron chi connectivity index (χ2n) is 7.35. The van der Waals surface area contributed by atoms with Crippen molar-refractivity contribution in [2.24, 2.45) is 7.05 Å². The second-order valence-corrected chi connectivity index (χ2v) is 8.46. The number of carbonyl (C=O) groups excluding carboxylic acids is 1. The fraction of sp³-hybridized carbons (Fsp3) is 0.500. The van der Waals surface area contributed by atoms with Gasteiger partial charge in [0.1, 0.15) is 0 Å². The van der Waals surface area contributed by atoms with E-state index in [0.717, 1.165) is 35.3 Å². The topological polar surface area (TPSA) is 38.1 Å². The Balaban J connectivity index is 1.49. The van der Waals surface area contributed by atoms with Crippen LogP contribution >= 0.6 is 11.8 Å². The molecule has 2 aromatic rings. The molecule has 0 aliphatic carbocycles. The van der Waals surface area contributed by atoms with Gasteiger partial charge >= 0.3 is 6.18 Å². The standard InChI is InChI=1S/C20H22F3N3OS/c1-25-17-8-11-28-12-15(17)18(24-25)19(27)26-9-6-13(7-10-26)14-4-2-3-5-16(14)20(21,22)23/h2-5,13H,6-12H2,1H3. The third-order valence-electron chi connectivity index (χ3n) is 5.70. The van der Waals surface area contributed by atoms with E-state index in [1.54, 1.807) is 33.5 Å². The van der Waals surface area contributed by atoms with Crippen LogP contribution in [0.25, 0.3) is 0 Å². The minimum absolute atomic E-state index is 0.0955. The average molecular weight is 409 g/mol. The van der Waals surface area contributed by atoms with Gasteiger partial charge in [0, 0.05) is 37.1 Å². The molecule has 2 aliphatic heterocycles. The summed E-state index contributed by atoms with van der Waals surface area (Å²) in [6.07, 6.45) is -2.38. The van der Waals surface area contributed by atoms with Crippen molar-refractivity contribution in [2.45, 2.75) is 37.1 Å². The van der Waals surface area contributed by atoms with Crippen molar-refractivity contribution >= 4 is 17.7 Å². The number of nitrogens with zero attached hydrogens (tertiary/aromatic N) is 3. The first-order valence-corrected chi connectivity index (χ1v) is 10.6. The number of alkyl halides is 3. The Morgan fingerprint density at radius 3 is 2.64 bits per heavy atom. The van der Waals surface area contributed by atoms with E-state index in [-0.39, 0.29) is 11.8 Å². The highest BCUT2D eigenvalue weighted by atomic mass is 32.2. The minimum Gasteiger partial charge on any atom is -0.337 e. The first-order chi connectivity index (χ1) is 13.4. The molecule has 0 bridgehead atoms. The van der Waals surface area contributed by atoms with Crippen LogP contribution in [0.15, 0.2) is 24.3 Å². The smallest absolute Gasteiger partial charge is 0.337 e. The van der Waals surface area contributed by atoms with Crippen molar-refractivity contribution in [3.8, 4) is 0 Å². The molecule has 4 nitrogen and oxygen atoms in total. The fourth-order valence-corrected chi connectivity index (χ4v) is 5.23. The van der Waals surface area contributed by atoms with Gasteiger partial charge in [0.05, 0.1) is 5.56 Å². The molecule has 1 fully saturated rings. The summed E-state index contributed by atoms with van der Waals surface area (Å²) in [5.41, 5.74) is 2.44. The predicted octanol–water partition coefficient (Wildman–Crippen LogP) is 4.25. The first-order valence-electron chi connectivity index (χ1n) is 9.44. The lowest BCUT2D eigenvalue weighted by Crippen LogP contribution is -2.38. The Hall–Kier alpha value is -1.96. The molecular weight excluding hydrogens is 387 g/mol. The third kappa shape index (κ3) is 3.54. The number of aryl methyl sites for hydroxylation is 1. The molecule has 1 saturated heterocycles. The third-order valence-corrected chi connectivity index (χ3v) is 6.68. The summed E-state index contributed by atoms with van der Waals surface area (Å²) in [5.74, 6) is 1.54. The van der Waals surface area contributed by atoms with Crippen molar-refractivity contribution in [2.75, 3.05) is 18.8 Å². The molecule has 150 valence electrons. The molecule has 0 spiro atoms. The summed E-state index contributed by atoms with van der Waals surface area (Å²) in [4.78, 5) is 14.8. The Bertz CT molecular complexity index is 885. The molecule has 2 aliphatic rings. The highest BCUT2D eigenvalue weighted by Gasteiger charge is 2.36. The van der Waals surface area contributed by atoms with Gasteiger partial charge in [0.15, 0.2) is 5.69 Å². The van der Waals surface area contributed by atoms with E-state index in [1.807, 2.05) is 7.05 Å². The van der Waals surface area contributed by atoms with E-state index in [0.29, 0.717) is 37.2 Å². The van der Waals surface area contributed by atoms with Crippen LogP contribution in [0.4, 0.5) is 13.2 Å². The van der Waals surface area contributed by atoms with Crippen molar-refractivity contribution in [3.05, 3.63) is 52.3 Å². The van der Waals surface area contributed by atoms with E-state index in [4.69, 9.17) is 0 Å². The lowest BCUT2D eigenvalue weighted by molar-refractivity contribution is -0.138. The maximum Gasteiger partial charge on any atom is 0.416 e. The van der Waals surface area contributed by atoms with Crippen molar-refractivity contribution in [1.29, 1.82) is 0 Å². The van der Waals surface area contributed by atoms with E-state index < -0.39 is 11.7 Å². The number of thioether (sulfide) groups is 1. The van der Waals surface area contributed by atoms with Crippen LogP contribution in [0, 0.1) is 0 Å². The molecule has 0 N–H and O–H groups in total. The average Bonchev–Trinajstić information content (AvgIpc) is 3.04.